The molecule has 24 heavy (non-hydrogen) atoms. The van der Waals surface area contributed by atoms with Gasteiger partial charge in [-0.05, 0) is 24.6 Å². The summed E-state index contributed by atoms with van der Waals surface area (Å²) >= 11 is 6.88. The monoisotopic (exact) mass is 364 g/mol. The summed E-state index contributed by atoms with van der Waals surface area (Å²) in [6.45, 7) is 1.68. The number of carbonyl (C=O) groups is 2. The Morgan fingerprint density at radius 1 is 1.42 bits per heavy atom. The van der Waals surface area contributed by atoms with Crippen molar-refractivity contribution in [2.45, 2.75) is 18.3 Å². The highest BCUT2D eigenvalue weighted by atomic mass is 32.2. The van der Waals surface area contributed by atoms with Crippen molar-refractivity contribution in [1.82, 2.24) is 10.2 Å². The quantitative estimate of drug-likeness (QED) is 0.769. The Morgan fingerprint density at radius 3 is 2.79 bits per heavy atom. The van der Waals surface area contributed by atoms with Crippen molar-refractivity contribution in [2.24, 2.45) is 0 Å². The van der Waals surface area contributed by atoms with Crippen LogP contribution in [0.15, 0.2) is 41.6 Å². The first-order chi connectivity index (χ1) is 11.5. The van der Waals surface area contributed by atoms with E-state index in [1.807, 2.05) is 18.2 Å². The molecule has 8 heteroatoms. The number of carboxylic acid groups (broad SMARTS) is 1. The molecule has 2 heterocycles. The molecule has 0 aromatic heterocycles. The minimum absolute atomic E-state index is 0.110. The number of thiocarbonyl (C=S) groups is 1. The van der Waals surface area contributed by atoms with Gasteiger partial charge in [0.2, 0.25) is 0 Å². The van der Waals surface area contributed by atoms with E-state index in [4.69, 9.17) is 17.0 Å². The van der Waals surface area contributed by atoms with Crippen LogP contribution < -0.4 is 10.1 Å². The molecule has 1 saturated heterocycles. The maximum atomic E-state index is 12.1. The number of carbonyl (C=O) groups excluding carboxylic acids is 1. The van der Waals surface area contributed by atoms with Gasteiger partial charge in [-0.15, -0.1) is 11.8 Å². The van der Waals surface area contributed by atoms with E-state index < -0.39 is 5.97 Å². The van der Waals surface area contributed by atoms with Crippen LogP contribution in [-0.4, -0.2) is 50.6 Å². The zero-order valence-corrected chi connectivity index (χ0v) is 14.5. The van der Waals surface area contributed by atoms with Gasteiger partial charge in [-0.25, -0.2) is 4.79 Å². The fourth-order valence-electron chi connectivity index (χ4n) is 2.66. The summed E-state index contributed by atoms with van der Waals surface area (Å²) in [6, 6.07) is 8.71. The van der Waals surface area contributed by atoms with Crippen LogP contribution in [0.3, 0.4) is 0 Å². The van der Waals surface area contributed by atoms with Gasteiger partial charge in [0.05, 0.1) is 0 Å². The first kappa shape index (κ1) is 16.8. The molecule has 1 amide bonds. The number of carboxylic acids is 1. The average Bonchev–Trinajstić information content (AvgIpc) is 2.58. The van der Waals surface area contributed by atoms with E-state index in [2.05, 4.69) is 5.32 Å². The number of amides is 1. The summed E-state index contributed by atoms with van der Waals surface area (Å²) in [7, 11) is 0. The van der Waals surface area contributed by atoms with Gasteiger partial charge in [0, 0.05) is 5.75 Å². The molecule has 2 atom stereocenters. The van der Waals surface area contributed by atoms with Crippen molar-refractivity contribution >= 4 is 40.8 Å². The largest absolute Gasteiger partial charge is 0.484 e. The predicted molar refractivity (Wildman–Crippen MR) is 94.9 cm³/mol. The first-order valence-corrected chi connectivity index (χ1v) is 8.79. The highest BCUT2D eigenvalue weighted by Crippen LogP contribution is 2.40. The Balaban J connectivity index is 1.59. The number of nitrogens with zero attached hydrogens (tertiary/aromatic N) is 1. The van der Waals surface area contributed by atoms with Gasteiger partial charge in [0.1, 0.15) is 27.9 Å². The average molecular weight is 364 g/mol. The fourth-order valence-corrected chi connectivity index (χ4v) is 4.52. The number of hydrogen-bond donors (Lipinski definition) is 2. The first-order valence-electron chi connectivity index (χ1n) is 7.34. The highest BCUT2D eigenvalue weighted by molar-refractivity contribution is 8.00. The number of aliphatic carboxylic acids is 1. The molecule has 0 aliphatic carbocycles. The lowest BCUT2D eigenvalue weighted by Crippen LogP contribution is -2.70. The van der Waals surface area contributed by atoms with Gasteiger partial charge in [-0.1, -0.05) is 30.4 Å². The number of benzene rings is 1. The Hall–Kier alpha value is -2.06. The van der Waals surface area contributed by atoms with Crippen LogP contribution >= 0.6 is 24.0 Å². The number of hydrogen-bond acceptors (Lipinski definition) is 5. The number of para-hydroxylation sites is 1. The number of ether oxygens (including phenoxy) is 1. The van der Waals surface area contributed by atoms with Crippen LogP contribution in [0.4, 0.5) is 0 Å². The summed E-state index contributed by atoms with van der Waals surface area (Å²) in [6.07, 6.45) is 0. The lowest BCUT2D eigenvalue weighted by Gasteiger charge is -2.51. The third-order valence-corrected chi connectivity index (χ3v) is 5.67. The molecule has 1 fully saturated rings. The molecule has 3 rings (SSSR count). The molecular weight excluding hydrogens is 348 g/mol. The number of nitrogens with one attached hydrogen (secondary N) is 1. The van der Waals surface area contributed by atoms with Crippen molar-refractivity contribution in [1.29, 1.82) is 0 Å². The van der Waals surface area contributed by atoms with Crippen molar-refractivity contribution in [3.63, 3.8) is 0 Å². The Kier molecular flexibility index (Phi) is 4.77. The topological polar surface area (TPSA) is 78.9 Å². The van der Waals surface area contributed by atoms with E-state index in [1.54, 1.807) is 35.7 Å². The van der Waals surface area contributed by atoms with Crippen LogP contribution in [0.2, 0.25) is 0 Å². The molecule has 0 spiro atoms. The molecule has 2 N–H and O–H groups in total. The van der Waals surface area contributed by atoms with Crippen LogP contribution in [0.5, 0.6) is 5.75 Å². The summed E-state index contributed by atoms with van der Waals surface area (Å²) in [5.41, 5.74) is 1.01. The fraction of sp³-hybridized carbons (Fsp3) is 0.312. The molecule has 0 radical (unpaired) electrons. The van der Waals surface area contributed by atoms with Crippen molar-refractivity contribution in [2.75, 3.05) is 12.4 Å². The lowest BCUT2D eigenvalue weighted by molar-refractivity contribution is -0.134. The summed E-state index contributed by atoms with van der Waals surface area (Å²) in [4.78, 5) is 25.5. The van der Waals surface area contributed by atoms with Crippen LogP contribution in [-0.2, 0) is 9.59 Å². The van der Waals surface area contributed by atoms with Crippen molar-refractivity contribution < 1.29 is 19.4 Å². The molecule has 2 aliphatic rings. The van der Waals surface area contributed by atoms with E-state index in [0.717, 1.165) is 5.57 Å². The standard InChI is InChI=1S/C16H16N2O4S2/c1-9-8-24-15-12(14(23)18(15)13(9)16(20)21)17-11(19)7-22-10-5-3-2-4-6-10/h2-6,12,15H,7-8H2,1H3,(H,17,19)(H,20,21). The zero-order chi connectivity index (χ0) is 17.3. The van der Waals surface area contributed by atoms with E-state index in [1.165, 1.54) is 0 Å². The third-order valence-electron chi connectivity index (χ3n) is 3.79. The molecule has 126 valence electrons. The van der Waals surface area contributed by atoms with Crippen LogP contribution in [0.25, 0.3) is 0 Å². The second kappa shape index (κ2) is 6.82. The zero-order valence-electron chi connectivity index (χ0n) is 12.9. The second-order valence-electron chi connectivity index (χ2n) is 5.49. The van der Waals surface area contributed by atoms with Gasteiger partial charge in [-0.3, -0.25) is 4.79 Å². The SMILES string of the molecule is CC1=C(C(=O)O)N2C(=S)C(NC(=O)COc3ccccc3)C2SC1. The smallest absolute Gasteiger partial charge is 0.352 e. The molecule has 2 unspecified atom stereocenters. The van der Waals surface area contributed by atoms with Gasteiger partial charge in [0.15, 0.2) is 6.61 Å². The summed E-state index contributed by atoms with van der Waals surface area (Å²) in [5.74, 6) is -0.0469. The minimum Gasteiger partial charge on any atom is -0.484 e. The third kappa shape index (κ3) is 3.11. The Morgan fingerprint density at radius 2 is 2.12 bits per heavy atom. The van der Waals surface area contributed by atoms with Crippen molar-refractivity contribution in [3.05, 3.63) is 41.6 Å². The highest BCUT2D eigenvalue weighted by Gasteiger charge is 2.50. The van der Waals surface area contributed by atoms with Crippen molar-refractivity contribution in [3.8, 4) is 5.75 Å². The van der Waals surface area contributed by atoms with Gasteiger partial charge < -0.3 is 20.1 Å². The molecule has 1 aromatic carbocycles. The van der Waals surface area contributed by atoms with E-state index in [-0.39, 0.29) is 29.6 Å². The van der Waals surface area contributed by atoms with Gasteiger partial charge in [-0.2, -0.15) is 0 Å². The maximum Gasteiger partial charge on any atom is 0.352 e. The summed E-state index contributed by atoms with van der Waals surface area (Å²) in [5, 5.41) is 12.0. The van der Waals surface area contributed by atoms with E-state index in [0.29, 0.717) is 16.5 Å². The molecule has 0 saturated carbocycles. The van der Waals surface area contributed by atoms with E-state index >= 15 is 0 Å². The normalized spacial score (nSPS) is 22.5. The molecule has 6 nitrogen and oxygen atoms in total. The molecule has 1 aromatic rings. The molecule has 0 bridgehead atoms. The maximum absolute atomic E-state index is 12.1. The Bertz CT molecular complexity index is 720. The van der Waals surface area contributed by atoms with Gasteiger partial charge >= 0.3 is 5.97 Å². The van der Waals surface area contributed by atoms with Crippen LogP contribution in [0.1, 0.15) is 6.92 Å². The van der Waals surface area contributed by atoms with Gasteiger partial charge in [0.25, 0.3) is 5.91 Å². The lowest BCUT2D eigenvalue weighted by atomic mass is 10.0. The van der Waals surface area contributed by atoms with Crippen LogP contribution in [0, 0.1) is 0 Å². The second-order valence-corrected chi connectivity index (χ2v) is 7.01. The number of thioether (sulfide) groups is 1. The Labute approximate surface area is 148 Å². The minimum atomic E-state index is -0.989. The molecule has 2 aliphatic heterocycles. The predicted octanol–water partition coefficient (Wildman–Crippen LogP) is 1.62. The number of fused-ring (bicyclic) bond motifs is 1. The number of rotatable bonds is 5. The van der Waals surface area contributed by atoms with E-state index in [9.17, 15) is 14.7 Å². The molecular formula is C16H16N2O4S2. The summed E-state index contributed by atoms with van der Waals surface area (Å²) < 4.78 is 5.41.